The van der Waals surface area contributed by atoms with Crippen molar-refractivity contribution in [3.05, 3.63) is 35.4 Å². The molecule has 0 heterocycles. The molecular weight excluding hydrogens is 376 g/mol. The summed E-state index contributed by atoms with van der Waals surface area (Å²) < 4.78 is 5.24. The highest BCUT2D eigenvalue weighted by Crippen LogP contribution is 2.15. The Labute approximate surface area is 183 Å². The maximum absolute atomic E-state index is 12.0. The van der Waals surface area contributed by atoms with Crippen molar-refractivity contribution < 1.29 is 19.4 Å². The summed E-state index contributed by atoms with van der Waals surface area (Å²) in [6.45, 7) is 4.96. The molecular formula is C26H42O4. The number of aromatic carboxylic acids is 1. The van der Waals surface area contributed by atoms with Crippen LogP contribution in [0.3, 0.4) is 0 Å². The van der Waals surface area contributed by atoms with E-state index in [1.807, 2.05) is 0 Å². The number of hydrogen-bond acceptors (Lipinski definition) is 3. The molecule has 0 amide bonds. The minimum Gasteiger partial charge on any atom is -0.478 e. The summed E-state index contributed by atoms with van der Waals surface area (Å²) in [7, 11) is 0. The van der Waals surface area contributed by atoms with Gasteiger partial charge in [-0.25, -0.2) is 9.59 Å². The SMILES string of the molecule is CC(C)CCCCCCCCCCCCCCCOC(=O)c1ccccc1C(=O)O. The van der Waals surface area contributed by atoms with Crippen LogP contribution >= 0.6 is 0 Å². The van der Waals surface area contributed by atoms with E-state index < -0.39 is 11.9 Å². The van der Waals surface area contributed by atoms with E-state index in [0.717, 1.165) is 18.8 Å². The van der Waals surface area contributed by atoms with Gasteiger partial charge in [-0.3, -0.25) is 0 Å². The van der Waals surface area contributed by atoms with E-state index in [1.54, 1.807) is 12.1 Å². The first-order chi connectivity index (χ1) is 14.5. The molecule has 0 atom stereocenters. The highest BCUT2D eigenvalue weighted by atomic mass is 16.5. The number of hydrogen-bond donors (Lipinski definition) is 1. The number of rotatable bonds is 18. The van der Waals surface area contributed by atoms with Gasteiger partial charge in [0.2, 0.25) is 0 Å². The Bertz CT molecular complexity index is 594. The second kappa shape index (κ2) is 16.9. The van der Waals surface area contributed by atoms with Crippen LogP contribution in [-0.2, 0) is 4.74 Å². The molecule has 1 aromatic carbocycles. The smallest absolute Gasteiger partial charge is 0.339 e. The summed E-state index contributed by atoms with van der Waals surface area (Å²) in [4.78, 5) is 23.2. The first kappa shape index (κ1) is 26.2. The number of unbranched alkanes of at least 4 members (excludes halogenated alkanes) is 12. The predicted molar refractivity (Wildman–Crippen MR) is 123 cm³/mol. The molecule has 30 heavy (non-hydrogen) atoms. The first-order valence-electron chi connectivity index (χ1n) is 12.0. The lowest BCUT2D eigenvalue weighted by Gasteiger charge is -2.07. The quantitative estimate of drug-likeness (QED) is 0.196. The van der Waals surface area contributed by atoms with E-state index in [-0.39, 0.29) is 11.1 Å². The summed E-state index contributed by atoms with van der Waals surface area (Å²) in [5.74, 6) is -0.807. The molecule has 170 valence electrons. The fourth-order valence-corrected chi connectivity index (χ4v) is 3.69. The summed E-state index contributed by atoms with van der Waals surface area (Å²) in [5, 5.41) is 9.13. The molecule has 4 heteroatoms. The van der Waals surface area contributed by atoms with E-state index in [2.05, 4.69) is 13.8 Å². The normalized spacial score (nSPS) is 11.0. The van der Waals surface area contributed by atoms with Gasteiger partial charge >= 0.3 is 11.9 Å². The number of carbonyl (C=O) groups excluding carboxylic acids is 1. The molecule has 0 bridgehead atoms. The summed E-state index contributed by atoms with van der Waals surface area (Å²) in [6, 6.07) is 6.18. The van der Waals surface area contributed by atoms with Crippen molar-refractivity contribution in [3.63, 3.8) is 0 Å². The van der Waals surface area contributed by atoms with E-state index in [1.165, 1.54) is 89.2 Å². The van der Waals surface area contributed by atoms with Crippen LogP contribution in [0, 0.1) is 5.92 Å². The zero-order valence-electron chi connectivity index (χ0n) is 19.2. The van der Waals surface area contributed by atoms with Gasteiger partial charge in [-0.05, 0) is 24.5 Å². The molecule has 0 aliphatic carbocycles. The number of carboxylic acids is 1. The molecule has 0 aliphatic rings. The van der Waals surface area contributed by atoms with Crippen molar-refractivity contribution >= 4 is 11.9 Å². The van der Waals surface area contributed by atoms with Crippen LogP contribution < -0.4 is 0 Å². The fraction of sp³-hybridized carbons (Fsp3) is 0.692. The molecule has 0 saturated carbocycles. The largest absolute Gasteiger partial charge is 0.478 e. The lowest BCUT2D eigenvalue weighted by Crippen LogP contribution is -2.12. The summed E-state index contributed by atoms with van der Waals surface area (Å²) >= 11 is 0. The van der Waals surface area contributed by atoms with Gasteiger partial charge < -0.3 is 9.84 Å². The third kappa shape index (κ3) is 12.7. The van der Waals surface area contributed by atoms with Crippen LogP contribution in [0.5, 0.6) is 0 Å². The van der Waals surface area contributed by atoms with Crippen molar-refractivity contribution in [2.45, 2.75) is 104 Å². The van der Waals surface area contributed by atoms with E-state index in [4.69, 9.17) is 9.84 Å². The molecule has 0 unspecified atom stereocenters. The standard InChI is InChI=1S/C26H42O4/c1-22(2)18-14-12-10-8-6-4-3-5-7-9-11-13-17-21-30-26(29)24-20-16-15-19-23(24)25(27)28/h15-16,19-20,22H,3-14,17-18,21H2,1-2H3,(H,27,28). The highest BCUT2D eigenvalue weighted by Gasteiger charge is 2.16. The number of ether oxygens (including phenoxy) is 1. The number of esters is 1. The maximum atomic E-state index is 12.0. The zero-order chi connectivity index (χ0) is 22.0. The van der Waals surface area contributed by atoms with Gasteiger partial charge in [0, 0.05) is 0 Å². The Kier molecular flexibility index (Phi) is 14.8. The minimum absolute atomic E-state index is 0.00590. The van der Waals surface area contributed by atoms with Crippen molar-refractivity contribution in [3.8, 4) is 0 Å². The second-order valence-electron chi connectivity index (χ2n) is 8.77. The van der Waals surface area contributed by atoms with Crippen LogP contribution in [0.4, 0.5) is 0 Å². The third-order valence-corrected chi connectivity index (χ3v) is 5.54. The van der Waals surface area contributed by atoms with Gasteiger partial charge in [0.1, 0.15) is 0 Å². The molecule has 0 saturated heterocycles. The topological polar surface area (TPSA) is 63.6 Å². The molecule has 1 rings (SSSR count). The maximum Gasteiger partial charge on any atom is 0.339 e. The fourth-order valence-electron chi connectivity index (χ4n) is 3.69. The molecule has 0 spiro atoms. The van der Waals surface area contributed by atoms with Crippen molar-refractivity contribution in [2.75, 3.05) is 6.61 Å². The summed E-state index contributed by atoms with van der Waals surface area (Å²) in [6.07, 6.45) is 18.0. The Morgan fingerprint density at radius 1 is 0.733 bits per heavy atom. The van der Waals surface area contributed by atoms with Gasteiger partial charge in [0.15, 0.2) is 0 Å². The molecule has 1 N–H and O–H groups in total. The zero-order valence-corrected chi connectivity index (χ0v) is 19.2. The molecule has 0 radical (unpaired) electrons. The third-order valence-electron chi connectivity index (χ3n) is 5.54. The Balaban J connectivity index is 1.90. The molecule has 1 aromatic rings. The number of carbonyl (C=O) groups is 2. The monoisotopic (exact) mass is 418 g/mol. The van der Waals surface area contributed by atoms with Gasteiger partial charge in [-0.15, -0.1) is 0 Å². The second-order valence-corrected chi connectivity index (χ2v) is 8.77. The number of carboxylic acid groups (broad SMARTS) is 1. The van der Waals surface area contributed by atoms with Crippen LogP contribution in [0.2, 0.25) is 0 Å². The minimum atomic E-state index is -1.11. The van der Waals surface area contributed by atoms with Crippen molar-refractivity contribution in [1.29, 1.82) is 0 Å². The lowest BCUT2D eigenvalue weighted by atomic mass is 10.0. The van der Waals surface area contributed by atoms with Gasteiger partial charge in [0.25, 0.3) is 0 Å². The summed E-state index contributed by atoms with van der Waals surface area (Å²) in [5.41, 5.74) is 0.120. The van der Waals surface area contributed by atoms with E-state index in [0.29, 0.717) is 6.61 Å². The molecule has 0 fully saturated rings. The van der Waals surface area contributed by atoms with E-state index in [9.17, 15) is 9.59 Å². The van der Waals surface area contributed by atoms with Crippen LogP contribution in [0.15, 0.2) is 24.3 Å². The molecule has 0 aliphatic heterocycles. The Morgan fingerprint density at radius 2 is 1.17 bits per heavy atom. The number of benzene rings is 1. The predicted octanol–water partition coefficient (Wildman–Crippen LogP) is 7.66. The van der Waals surface area contributed by atoms with E-state index >= 15 is 0 Å². The van der Waals surface area contributed by atoms with Crippen LogP contribution in [0.1, 0.15) is 124 Å². The van der Waals surface area contributed by atoms with Crippen molar-refractivity contribution in [2.24, 2.45) is 5.92 Å². The average Bonchev–Trinajstić information content (AvgIpc) is 2.73. The van der Waals surface area contributed by atoms with Crippen LogP contribution in [0.25, 0.3) is 0 Å². The van der Waals surface area contributed by atoms with Gasteiger partial charge in [-0.2, -0.15) is 0 Å². The van der Waals surface area contributed by atoms with Gasteiger partial charge in [-0.1, -0.05) is 109 Å². The lowest BCUT2D eigenvalue weighted by molar-refractivity contribution is 0.0487. The molecule has 4 nitrogen and oxygen atoms in total. The Hall–Kier alpha value is -1.84. The van der Waals surface area contributed by atoms with Gasteiger partial charge in [0.05, 0.1) is 17.7 Å². The average molecular weight is 419 g/mol. The molecule has 0 aromatic heterocycles. The highest BCUT2D eigenvalue weighted by molar-refractivity contribution is 6.02. The van der Waals surface area contributed by atoms with Crippen molar-refractivity contribution in [1.82, 2.24) is 0 Å². The van der Waals surface area contributed by atoms with Crippen LogP contribution in [-0.4, -0.2) is 23.7 Å². The first-order valence-corrected chi connectivity index (χ1v) is 12.0. The Morgan fingerprint density at radius 3 is 1.63 bits per heavy atom.